The molecular weight excluding hydrogens is 659 g/mol. The molecule has 0 saturated carbocycles. The highest BCUT2D eigenvalue weighted by molar-refractivity contribution is 7.59. The number of amides is 3. The van der Waals surface area contributed by atoms with E-state index in [-0.39, 0.29) is 63.3 Å². The van der Waals surface area contributed by atoms with Gasteiger partial charge in [0.1, 0.15) is 11.8 Å². The predicted molar refractivity (Wildman–Crippen MR) is 198 cm³/mol. The molecular formula is C38H47N3O6S2. The summed E-state index contributed by atoms with van der Waals surface area (Å²) in [5, 5.41) is 3.12. The van der Waals surface area contributed by atoms with Crippen LogP contribution in [0, 0.1) is 0 Å². The molecule has 3 aromatic rings. The van der Waals surface area contributed by atoms with E-state index >= 15 is 0 Å². The molecule has 0 unspecified atom stereocenters. The van der Waals surface area contributed by atoms with Gasteiger partial charge in [-0.1, -0.05) is 66.7 Å². The molecule has 1 N–H and O–H groups in total. The van der Waals surface area contributed by atoms with Crippen LogP contribution in [0.25, 0.3) is 0 Å². The summed E-state index contributed by atoms with van der Waals surface area (Å²) in [6, 6.07) is 24.1. The molecule has 11 heteroatoms. The summed E-state index contributed by atoms with van der Waals surface area (Å²) in [5.74, 6) is -0.467. The largest absolute Gasteiger partial charge is 0.496 e. The molecule has 0 aromatic heterocycles. The van der Waals surface area contributed by atoms with E-state index in [1.54, 1.807) is 31.1 Å². The minimum absolute atomic E-state index is 0. The van der Waals surface area contributed by atoms with Crippen LogP contribution in [-0.4, -0.2) is 78.9 Å². The van der Waals surface area contributed by atoms with Gasteiger partial charge in [-0.2, -0.15) is 27.0 Å². The first kappa shape index (κ1) is 37.9. The Hall–Kier alpha value is -3.96. The molecule has 9 nitrogen and oxygen atoms in total. The molecule has 0 spiro atoms. The fourth-order valence-corrected chi connectivity index (χ4v) is 7.76. The number of piperidine rings is 1. The smallest absolute Gasteiger partial charge is 0.328 e. The van der Waals surface area contributed by atoms with Gasteiger partial charge >= 0.3 is 5.97 Å². The molecule has 0 bridgehead atoms. The number of carbonyl (C=O) groups is 4. The van der Waals surface area contributed by atoms with Crippen molar-refractivity contribution in [2.24, 2.45) is 0 Å². The number of ether oxygens (including phenoxy) is 2. The molecule has 3 atom stereocenters. The second-order valence-electron chi connectivity index (χ2n) is 12.6. The molecule has 262 valence electrons. The molecule has 3 aromatic carbocycles. The van der Waals surface area contributed by atoms with Gasteiger partial charge in [-0.15, -0.1) is 0 Å². The second kappa shape index (κ2) is 16.6. The number of rotatable bonds is 8. The first-order valence-corrected chi connectivity index (χ1v) is 16.7. The first-order chi connectivity index (χ1) is 22.9. The van der Waals surface area contributed by atoms with Crippen molar-refractivity contribution >= 4 is 50.7 Å². The van der Waals surface area contributed by atoms with Crippen molar-refractivity contribution in [1.82, 2.24) is 15.1 Å². The monoisotopic (exact) mass is 705 g/mol. The van der Waals surface area contributed by atoms with E-state index < -0.39 is 17.4 Å². The van der Waals surface area contributed by atoms with E-state index in [0.717, 1.165) is 23.1 Å². The molecule has 2 heterocycles. The van der Waals surface area contributed by atoms with Gasteiger partial charge in [0, 0.05) is 25.7 Å². The first-order valence-electron chi connectivity index (χ1n) is 16.7. The number of nitrogens with one attached hydrogen (secondary N) is 1. The second-order valence-corrected chi connectivity index (χ2v) is 12.6. The number of para-hydroxylation sites is 1. The Kier molecular flexibility index (Phi) is 12.8. The number of hydrogen-bond acceptors (Lipinski definition) is 6. The van der Waals surface area contributed by atoms with E-state index in [9.17, 15) is 19.2 Å². The highest BCUT2D eigenvalue weighted by Gasteiger charge is 2.52. The highest BCUT2D eigenvalue weighted by atomic mass is 32.1. The van der Waals surface area contributed by atoms with Crippen LogP contribution >= 0.6 is 27.0 Å². The Morgan fingerprint density at radius 2 is 1.51 bits per heavy atom. The van der Waals surface area contributed by atoms with Crippen LogP contribution in [0.4, 0.5) is 0 Å². The van der Waals surface area contributed by atoms with Gasteiger partial charge in [0.15, 0.2) is 0 Å². The van der Waals surface area contributed by atoms with Crippen molar-refractivity contribution in [3.8, 4) is 5.75 Å². The maximum absolute atomic E-state index is 14.8. The maximum atomic E-state index is 14.8. The molecule has 2 saturated heterocycles. The topological polar surface area (TPSA) is 105 Å². The van der Waals surface area contributed by atoms with Crippen molar-refractivity contribution in [3.63, 3.8) is 0 Å². The number of likely N-dealkylation sites (tertiary alicyclic amines) is 2. The van der Waals surface area contributed by atoms with Gasteiger partial charge in [0.25, 0.3) is 5.91 Å². The minimum atomic E-state index is -1.03. The molecule has 2 aliphatic heterocycles. The lowest BCUT2D eigenvalue weighted by Crippen LogP contribution is -2.54. The number of fused-ring (bicyclic) bond motifs is 1. The van der Waals surface area contributed by atoms with Crippen molar-refractivity contribution in [2.45, 2.75) is 68.9 Å². The Labute approximate surface area is 302 Å². The van der Waals surface area contributed by atoms with Gasteiger partial charge in [-0.25, -0.2) is 4.79 Å². The number of carbonyl (C=O) groups excluding carboxylic acids is 4. The minimum Gasteiger partial charge on any atom is -0.496 e. The van der Waals surface area contributed by atoms with E-state index in [4.69, 9.17) is 9.47 Å². The Balaban J connectivity index is 0.00000270. The third kappa shape index (κ3) is 7.33. The molecule has 0 radical (unpaired) electrons. The normalized spacial score (nSPS) is 21.8. The van der Waals surface area contributed by atoms with E-state index in [2.05, 4.69) is 5.32 Å². The zero-order valence-electron chi connectivity index (χ0n) is 28.2. The number of nitrogens with zero attached hydrogens (tertiary/aromatic N) is 2. The number of hydrogen-bond donors (Lipinski definition) is 1. The van der Waals surface area contributed by atoms with Crippen LogP contribution in [0.15, 0.2) is 78.9 Å². The zero-order valence-corrected chi connectivity index (χ0v) is 30.2. The summed E-state index contributed by atoms with van der Waals surface area (Å²) in [6.07, 6.45) is 3.56. The van der Waals surface area contributed by atoms with Gasteiger partial charge in [-0.3, -0.25) is 14.4 Å². The van der Waals surface area contributed by atoms with E-state index in [1.165, 1.54) is 0 Å². The van der Waals surface area contributed by atoms with Crippen molar-refractivity contribution in [2.75, 3.05) is 33.4 Å². The van der Waals surface area contributed by atoms with Crippen LogP contribution in [0.1, 0.15) is 78.4 Å². The lowest BCUT2D eigenvalue weighted by Gasteiger charge is -2.44. The van der Waals surface area contributed by atoms with Crippen LogP contribution in [0.3, 0.4) is 0 Å². The fraction of sp³-hybridized carbons (Fsp3) is 0.421. The maximum Gasteiger partial charge on any atom is 0.328 e. The summed E-state index contributed by atoms with van der Waals surface area (Å²) in [6.45, 7) is 3.60. The number of methoxy groups -OCH3 is 1. The third-order valence-corrected chi connectivity index (χ3v) is 10.1. The van der Waals surface area contributed by atoms with E-state index in [0.29, 0.717) is 63.1 Å². The van der Waals surface area contributed by atoms with Crippen molar-refractivity contribution in [1.29, 1.82) is 0 Å². The van der Waals surface area contributed by atoms with Gasteiger partial charge in [0.05, 0.1) is 30.6 Å². The average Bonchev–Trinajstić information content (AvgIpc) is 3.62. The third-order valence-electron chi connectivity index (χ3n) is 10.1. The lowest BCUT2D eigenvalue weighted by molar-refractivity contribution is -0.154. The summed E-state index contributed by atoms with van der Waals surface area (Å²) >= 11 is 0. The van der Waals surface area contributed by atoms with Crippen LogP contribution < -0.4 is 10.1 Å². The Morgan fingerprint density at radius 3 is 2.22 bits per heavy atom. The summed E-state index contributed by atoms with van der Waals surface area (Å²) < 4.78 is 10.7. The van der Waals surface area contributed by atoms with Crippen LogP contribution in [-0.2, 0) is 24.5 Å². The molecule has 49 heavy (non-hydrogen) atoms. The Bertz CT molecular complexity index is 1630. The van der Waals surface area contributed by atoms with Gasteiger partial charge < -0.3 is 24.6 Å². The quantitative estimate of drug-likeness (QED) is 0.329. The highest BCUT2D eigenvalue weighted by Crippen LogP contribution is 2.49. The molecule has 3 aliphatic rings. The standard InChI is InChI=1S/C38H43N3O6.2H2S/c1-3-47-36(44)32-17-11-23-41(32)37(45)38(26-12-5-4-6-13-26)22-19-29(28-14-7-9-16-31(28)38)35(43)40-24-20-27(21-25-40)39-34(42)30-15-8-10-18-33(30)46-2;;/h4-10,12-16,18,27,29,32H,3,11,17,19-25H2,1-2H3,(H,39,42);2*1H2/t29-,32-,38+;;/m0../s1. The number of benzene rings is 3. The van der Waals surface area contributed by atoms with Gasteiger partial charge in [0.2, 0.25) is 11.8 Å². The van der Waals surface area contributed by atoms with E-state index in [1.807, 2.05) is 71.6 Å². The molecule has 2 fully saturated rings. The zero-order chi connectivity index (χ0) is 33.0. The summed E-state index contributed by atoms with van der Waals surface area (Å²) in [7, 11) is 1.55. The summed E-state index contributed by atoms with van der Waals surface area (Å²) in [4.78, 5) is 58.6. The predicted octanol–water partition coefficient (Wildman–Crippen LogP) is 5.06. The van der Waals surface area contributed by atoms with Crippen LogP contribution in [0.2, 0.25) is 0 Å². The van der Waals surface area contributed by atoms with Crippen molar-refractivity contribution < 1.29 is 28.7 Å². The van der Waals surface area contributed by atoms with Gasteiger partial charge in [-0.05, 0) is 74.3 Å². The molecule has 6 rings (SSSR count). The lowest BCUT2D eigenvalue weighted by atomic mass is 9.62. The SMILES string of the molecule is CCOC(=O)[C@@H]1CCCN1C(=O)[C@@]1(c2ccccc2)CC[C@H](C(=O)N2CCC(NC(=O)c3ccccc3OC)CC2)c2ccccc21.S.S. The Morgan fingerprint density at radius 1 is 0.837 bits per heavy atom. The number of esters is 1. The van der Waals surface area contributed by atoms with Crippen molar-refractivity contribution in [3.05, 3.63) is 101 Å². The molecule has 3 amide bonds. The molecule has 1 aliphatic carbocycles. The average molecular weight is 706 g/mol. The fourth-order valence-electron chi connectivity index (χ4n) is 7.76. The summed E-state index contributed by atoms with van der Waals surface area (Å²) in [5.41, 5.74) is 2.02. The van der Waals surface area contributed by atoms with Crippen LogP contribution in [0.5, 0.6) is 5.75 Å².